The van der Waals surface area contributed by atoms with Gasteiger partial charge in [-0.3, -0.25) is 0 Å². The SMILES string of the molecule is CC(F)(F)OS(N)(=O)=O. The van der Waals surface area contributed by atoms with Crippen LogP contribution >= 0.6 is 0 Å². The van der Waals surface area contributed by atoms with Crippen LogP contribution < -0.4 is 5.14 Å². The van der Waals surface area contributed by atoms with Gasteiger partial charge in [-0.25, -0.2) is 5.14 Å². The Kier molecular flexibility index (Phi) is 2.10. The van der Waals surface area contributed by atoms with Gasteiger partial charge in [0.15, 0.2) is 0 Å². The summed E-state index contributed by atoms with van der Waals surface area (Å²) in [5.41, 5.74) is 0. The molecular formula is C2H5F2NO3S. The van der Waals surface area contributed by atoms with Crippen molar-refractivity contribution in [1.82, 2.24) is 0 Å². The van der Waals surface area contributed by atoms with Crippen LogP contribution in [0.2, 0.25) is 0 Å². The molecule has 0 rings (SSSR count). The van der Waals surface area contributed by atoms with Crippen molar-refractivity contribution in [2.75, 3.05) is 0 Å². The summed E-state index contributed by atoms with van der Waals surface area (Å²) in [7, 11) is -4.53. The molecule has 0 unspecified atom stereocenters. The number of rotatable bonds is 2. The molecule has 0 saturated heterocycles. The molecule has 4 nitrogen and oxygen atoms in total. The summed E-state index contributed by atoms with van der Waals surface area (Å²) in [4.78, 5) is 0. The lowest BCUT2D eigenvalue weighted by atomic mass is 10.8. The fraction of sp³-hybridized carbons (Fsp3) is 1.00. The van der Waals surface area contributed by atoms with Crippen molar-refractivity contribution in [3.63, 3.8) is 0 Å². The molecular weight excluding hydrogens is 156 g/mol. The molecule has 0 aromatic carbocycles. The molecule has 0 atom stereocenters. The van der Waals surface area contributed by atoms with E-state index < -0.39 is 16.4 Å². The molecule has 0 fully saturated rings. The van der Waals surface area contributed by atoms with Crippen molar-refractivity contribution < 1.29 is 21.4 Å². The van der Waals surface area contributed by atoms with Gasteiger partial charge < -0.3 is 0 Å². The van der Waals surface area contributed by atoms with E-state index in [2.05, 4.69) is 9.32 Å². The summed E-state index contributed by atoms with van der Waals surface area (Å²) in [5, 5.41) is 4.09. The van der Waals surface area contributed by atoms with E-state index in [-0.39, 0.29) is 6.92 Å². The molecule has 7 heteroatoms. The zero-order chi connectivity index (χ0) is 7.71. The minimum Gasteiger partial charge on any atom is -0.205 e. The van der Waals surface area contributed by atoms with Gasteiger partial charge in [-0.1, -0.05) is 0 Å². The van der Waals surface area contributed by atoms with Gasteiger partial charge in [0.1, 0.15) is 0 Å². The van der Waals surface area contributed by atoms with Gasteiger partial charge in [-0.15, -0.1) is 0 Å². The van der Waals surface area contributed by atoms with E-state index >= 15 is 0 Å². The second-order valence-electron chi connectivity index (χ2n) is 1.38. The smallest absolute Gasteiger partial charge is 0.205 e. The quantitative estimate of drug-likeness (QED) is 0.610. The third-order valence-electron chi connectivity index (χ3n) is 0.262. The minimum atomic E-state index is -4.53. The van der Waals surface area contributed by atoms with Crippen molar-refractivity contribution in [3.05, 3.63) is 0 Å². The Hall–Kier alpha value is -0.270. The van der Waals surface area contributed by atoms with Crippen LogP contribution in [0.3, 0.4) is 0 Å². The zero-order valence-electron chi connectivity index (χ0n) is 4.47. The molecule has 0 spiro atoms. The summed E-state index contributed by atoms with van der Waals surface area (Å²) in [6, 6.07) is 0. The van der Waals surface area contributed by atoms with Crippen molar-refractivity contribution in [1.29, 1.82) is 0 Å². The van der Waals surface area contributed by atoms with Gasteiger partial charge in [0, 0.05) is 6.92 Å². The number of alkyl halides is 2. The van der Waals surface area contributed by atoms with Crippen molar-refractivity contribution in [2.45, 2.75) is 13.0 Å². The monoisotopic (exact) mass is 161 g/mol. The summed E-state index contributed by atoms with van der Waals surface area (Å²) in [6.45, 7) is 0.275. The van der Waals surface area contributed by atoms with Crippen LogP contribution in [0.4, 0.5) is 8.78 Å². The molecule has 0 aliphatic carbocycles. The number of nitrogens with two attached hydrogens (primary N) is 1. The minimum absolute atomic E-state index is 0.275. The fourth-order valence-corrected chi connectivity index (χ4v) is 0.612. The van der Waals surface area contributed by atoms with Gasteiger partial charge >= 0.3 is 16.4 Å². The summed E-state index contributed by atoms with van der Waals surface area (Å²) in [5.74, 6) is 0. The fourth-order valence-electron chi connectivity index (χ4n) is 0.204. The standard InChI is InChI=1S/C2H5F2NO3S/c1-2(3,4)8-9(5,6)7/h1H3,(H2,5,6,7). The number of hydrogen-bond donors (Lipinski definition) is 1. The topological polar surface area (TPSA) is 69.4 Å². The zero-order valence-corrected chi connectivity index (χ0v) is 5.28. The second kappa shape index (κ2) is 2.16. The first-order valence-electron chi connectivity index (χ1n) is 1.82. The average molecular weight is 161 g/mol. The van der Waals surface area contributed by atoms with Gasteiger partial charge in [-0.2, -0.15) is 21.4 Å². The highest BCUT2D eigenvalue weighted by molar-refractivity contribution is 7.84. The molecule has 0 radical (unpaired) electrons. The molecule has 2 N–H and O–H groups in total. The summed E-state index contributed by atoms with van der Waals surface area (Å²) in [6.07, 6.45) is -3.73. The Morgan fingerprint density at radius 1 is 1.56 bits per heavy atom. The van der Waals surface area contributed by atoms with Crippen LogP contribution in [0.25, 0.3) is 0 Å². The highest BCUT2D eigenvalue weighted by Crippen LogP contribution is 2.14. The van der Waals surface area contributed by atoms with Crippen LogP contribution in [-0.4, -0.2) is 14.5 Å². The van der Waals surface area contributed by atoms with Crippen molar-refractivity contribution >= 4 is 10.3 Å². The maximum absolute atomic E-state index is 11.5. The molecule has 0 heterocycles. The maximum atomic E-state index is 11.5. The third-order valence-corrected chi connectivity index (χ3v) is 0.787. The largest absolute Gasteiger partial charge is 0.367 e. The second-order valence-corrected chi connectivity index (χ2v) is 2.54. The van der Waals surface area contributed by atoms with Gasteiger partial charge in [0.2, 0.25) is 0 Å². The van der Waals surface area contributed by atoms with E-state index in [0.29, 0.717) is 0 Å². The number of hydrogen-bond acceptors (Lipinski definition) is 3. The van der Waals surface area contributed by atoms with Gasteiger partial charge in [0.05, 0.1) is 0 Å². The summed E-state index contributed by atoms with van der Waals surface area (Å²) < 4.78 is 45.6. The molecule has 0 aliphatic rings. The first kappa shape index (κ1) is 8.73. The Morgan fingerprint density at radius 2 is 1.89 bits per heavy atom. The molecule has 0 bridgehead atoms. The Balaban J connectivity index is 4.07. The number of halogens is 2. The van der Waals surface area contributed by atoms with E-state index in [9.17, 15) is 17.2 Å². The van der Waals surface area contributed by atoms with Crippen LogP contribution in [0, 0.1) is 0 Å². The maximum Gasteiger partial charge on any atom is 0.367 e. The average Bonchev–Trinajstić information content (AvgIpc) is 1.14. The molecule has 0 aromatic heterocycles. The molecule has 56 valence electrons. The van der Waals surface area contributed by atoms with Gasteiger partial charge in [0.25, 0.3) is 0 Å². The lowest BCUT2D eigenvalue weighted by molar-refractivity contribution is -0.154. The van der Waals surface area contributed by atoms with Crippen LogP contribution in [0.15, 0.2) is 0 Å². The highest BCUT2D eigenvalue weighted by Gasteiger charge is 2.27. The predicted molar refractivity (Wildman–Crippen MR) is 24.8 cm³/mol. The van der Waals surface area contributed by atoms with Crippen molar-refractivity contribution in [3.8, 4) is 0 Å². The van der Waals surface area contributed by atoms with Crippen LogP contribution in [-0.2, 0) is 14.5 Å². The Bertz CT molecular complexity index is 180. The highest BCUT2D eigenvalue weighted by atomic mass is 32.2. The van der Waals surface area contributed by atoms with Crippen LogP contribution in [0.5, 0.6) is 0 Å². The van der Waals surface area contributed by atoms with E-state index in [1.54, 1.807) is 0 Å². The van der Waals surface area contributed by atoms with Crippen LogP contribution in [0.1, 0.15) is 6.92 Å². The summed E-state index contributed by atoms with van der Waals surface area (Å²) >= 11 is 0. The van der Waals surface area contributed by atoms with E-state index in [0.717, 1.165) is 0 Å². The molecule has 0 saturated carbocycles. The predicted octanol–water partition coefficient (Wildman–Crippen LogP) is -0.181. The van der Waals surface area contributed by atoms with E-state index in [1.807, 2.05) is 0 Å². The Morgan fingerprint density at radius 3 is 1.89 bits per heavy atom. The lowest BCUT2D eigenvalue weighted by Crippen LogP contribution is -2.26. The molecule has 0 aliphatic heterocycles. The normalized spacial score (nSPS) is 13.8. The van der Waals surface area contributed by atoms with E-state index in [4.69, 9.17) is 0 Å². The van der Waals surface area contributed by atoms with Crippen molar-refractivity contribution in [2.24, 2.45) is 5.14 Å². The first-order valence-corrected chi connectivity index (χ1v) is 3.29. The molecule has 0 amide bonds. The Labute approximate surface area is 50.9 Å². The first-order chi connectivity index (χ1) is 3.71. The molecule has 0 aromatic rings. The molecule has 9 heavy (non-hydrogen) atoms. The third kappa shape index (κ3) is 7.73. The van der Waals surface area contributed by atoms with E-state index in [1.165, 1.54) is 0 Å². The van der Waals surface area contributed by atoms with Gasteiger partial charge in [-0.05, 0) is 0 Å². The lowest BCUT2D eigenvalue weighted by Gasteiger charge is -2.06.